The summed E-state index contributed by atoms with van der Waals surface area (Å²) in [6.45, 7) is 0. The van der Waals surface area contributed by atoms with Crippen LogP contribution in [0.3, 0.4) is 0 Å². The molecule has 0 saturated carbocycles. The molecular weight excluding hydrogens is 473 g/mol. The van der Waals surface area contributed by atoms with E-state index in [0.717, 1.165) is 0 Å². The first-order valence-electron chi connectivity index (χ1n) is 12.6. The molecule has 0 bridgehead atoms. The Hall–Kier alpha value is -3.69. The summed E-state index contributed by atoms with van der Waals surface area (Å²) in [5.74, 6) is 0.337. The standard InChI is InChI=1S/C22H25B7FN7O/c23-19-34-14-15(35-19)31-9-32-16(14)36-20(24,21(25,26)22(27,28)29)18-33-12-8-4-7-11(30)13(12)17(38)37(18)10-5-2-1-3-6-10/h1-9H,23-29H2,(H2,31,32,34,35,36). The molecule has 3 aromatic heterocycles. The predicted octanol–water partition coefficient (Wildman–Crippen LogP) is -4.30. The SMILES string of the molecule is Bc1nc2c(NC(B)(c3nc4cccc(F)c4c(=O)n3-c3ccccc3)C(B)(B)C(B)(B)B)ncnc2[nH]1. The average molecular weight is 498 g/mol. The maximum Gasteiger partial charge on any atom is 0.269 e. The van der Waals surface area contributed by atoms with Gasteiger partial charge in [0.05, 0.1) is 61.6 Å². The minimum atomic E-state index is -1.01. The lowest BCUT2D eigenvalue weighted by Gasteiger charge is -2.54. The molecule has 0 spiro atoms. The van der Waals surface area contributed by atoms with Gasteiger partial charge in [-0.1, -0.05) is 29.5 Å². The largest absolute Gasteiger partial charge is 0.364 e. The van der Waals surface area contributed by atoms with Crippen LogP contribution in [0.5, 0.6) is 0 Å². The number of H-pyrrole nitrogens is 1. The molecule has 2 aromatic carbocycles. The summed E-state index contributed by atoms with van der Waals surface area (Å²) >= 11 is 0. The number of fused-ring (bicyclic) bond motifs is 2. The number of imidazole rings is 1. The van der Waals surface area contributed by atoms with Crippen molar-refractivity contribution in [2.75, 3.05) is 5.32 Å². The quantitative estimate of drug-likeness (QED) is 0.230. The van der Waals surface area contributed by atoms with Crippen molar-refractivity contribution in [3.8, 4) is 5.69 Å². The molecule has 0 saturated heterocycles. The summed E-state index contributed by atoms with van der Waals surface area (Å²) in [7, 11) is 14.6. The van der Waals surface area contributed by atoms with Gasteiger partial charge in [-0.3, -0.25) is 9.36 Å². The number of aromatic amines is 1. The van der Waals surface area contributed by atoms with Gasteiger partial charge in [0.1, 0.15) is 36.7 Å². The fourth-order valence-electron chi connectivity index (χ4n) is 4.85. The Balaban J connectivity index is 1.90. The molecule has 38 heavy (non-hydrogen) atoms. The minimum Gasteiger partial charge on any atom is -0.364 e. The van der Waals surface area contributed by atoms with Crippen LogP contribution in [0, 0.1) is 5.82 Å². The number of hydrogen-bond donors (Lipinski definition) is 2. The lowest BCUT2D eigenvalue weighted by molar-refractivity contribution is 0.522. The molecule has 0 aliphatic rings. The van der Waals surface area contributed by atoms with E-state index in [1.165, 1.54) is 17.0 Å². The van der Waals surface area contributed by atoms with Gasteiger partial charge in [-0.2, -0.15) is 0 Å². The Kier molecular flexibility index (Phi) is 6.12. The Bertz CT molecular complexity index is 1740. The van der Waals surface area contributed by atoms with Crippen LogP contribution in [0.2, 0.25) is 10.3 Å². The van der Waals surface area contributed by atoms with Crippen LogP contribution < -0.4 is 16.6 Å². The number of benzene rings is 2. The number of aromatic nitrogens is 6. The number of hydrogen-bond acceptors (Lipinski definition) is 6. The van der Waals surface area contributed by atoms with E-state index >= 15 is 4.39 Å². The number of para-hydroxylation sites is 1. The van der Waals surface area contributed by atoms with Gasteiger partial charge in [-0.25, -0.2) is 24.3 Å². The second-order valence-electron chi connectivity index (χ2n) is 11.4. The van der Waals surface area contributed by atoms with E-state index in [0.29, 0.717) is 39.7 Å². The molecule has 0 amide bonds. The van der Waals surface area contributed by atoms with Crippen molar-refractivity contribution >= 4 is 88.5 Å². The maximum atomic E-state index is 15.0. The van der Waals surface area contributed by atoms with Gasteiger partial charge in [0, 0.05) is 0 Å². The van der Waals surface area contributed by atoms with Gasteiger partial charge >= 0.3 is 0 Å². The Labute approximate surface area is 225 Å². The third-order valence-corrected chi connectivity index (χ3v) is 8.20. The van der Waals surface area contributed by atoms with E-state index in [4.69, 9.17) is 4.98 Å². The van der Waals surface area contributed by atoms with Crippen LogP contribution in [0.4, 0.5) is 10.2 Å². The van der Waals surface area contributed by atoms with Crippen LogP contribution in [-0.4, -0.2) is 84.4 Å². The van der Waals surface area contributed by atoms with Gasteiger partial charge < -0.3 is 10.3 Å². The average Bonchev–Trinajstić information content (AvgIpc) is 3.24. The lowest BCUT2D eigenvalue weighted by atomic mass is 9.18. The van der Waals surface area contributed by atoms with Crippen molar-refractivity contribution in [1.29, 1.82) is 0 Å². The van der Waals surface area contributed by atoms with Gasteiger partial charge in [-0.05, 0) is 24.3 Å². The van der Waals surface area contributed by atoms with Gasteiger partial charge in [-0.15, -0.1) is 5.11 Å². The van der Waals surface area contributed by atoms with Gasteiger partial charge in [0.25, 0.3) is 5.56 Å². The predicted molar refractivity (Wildman–Crippen MR) is 169 cm³/mol. The lowest BCUT2D eigenvalue weighted by Crippen LogP contribution is -2.57. The van der Waals surface area contributed by atoms with E-state index in [9.17, 15) is 4.79 Å². The van der Waals surface area contributed by atoms with E-state index < -0.39 is 22.0 Å². The first kappa shape index (κ1) is 25.9. The molecule has 3 heterocycles. The van der Waals surface area contributed by atoms with Gasteiger partial charge in [0.15, 0.2) is 19.3 Å². The normalized spacial score (nSPS) is 13.9. The van der Waals surface area contributed by atoms with Crippen LogP contribution >= 0.6 is 0 Å². The zero-order valence-corrected chi connectivity index (χ0v) is 22.7. The molecule has 1 atom stereocenters. The third kappa shape index (κ3) is 3.97. The Morgan fingerprint density at radius 1 is 0.921 bits per heavy atom. The van der Waals surface area contributed by atoms with E-state index in [-0.39, 0.29) is 10.5 Å². The van der Waals surface area contributed by atoms with Crippen molar-refractivity contribution in [2.24, 2.45) is 0 Å². The number of rotatable bonds is 6. The highest BCUT2D eigenvalue weighted by Gasteiger charge is 2.51. The van der Waals surface area contributed by atoms with Crippen molar-refractivity contribution in [1.82, 2.24) is 29.5 Å². The number of nitrogens with zero attached hydrogens (tertiary/aromatic N) is 5. The summed E-state index contributed by atoms with van der Waals surface area (Å²) in [5, 5.41) is 2.77. The van der Waals surface area contributed by atoms with Crippen LogP contribution in [0.15, 0.2) is 59.7 Å². The van der Waals surface area contributed by atoms with E-state index in [1.54, 1.807) is 12.1 Å². The minimum absolute atomic E-state index is 0.0524. The van der Waals surface area contributed by atoms with Crippen molar-refractivity contribution in [3.63, 3.8) is 0 Å². The van der Waals surface area contributed by atoms with E-state index in [2.05, 4.69) is 64.5 Å². The zero-order valence-electron chi connectivity index (χ0n) is 22.7. The van der Waals surface area contributed by atoms with Crippen molar-refractivity contribution in [3.05, 3.63) is 76.9 Å². The molecule has 5 aromatic rings. The van der Waals surface area contributed by atoms with Gasteiger partial charge in [0.2, 0.25) is 0 Å². The summed E-state index contributed by atoms with van der Waals surface area (Å²) in [5.41, 5.74) is 1.29. The number of nitrogens with one attached hydrogen (secondary N) is 2. The summed E-state index contributed by atoms with van der Waals surface area (Å²) in [6, 6.07) is 13.7. The second kappa shape index (κ2) is 8.96. The molecule has 182 valence electrons. The fourth-order valence-corrected chi connectivity index (χ4v) is 4.85. The molecule has 0 fully saturated rings. The molecule has 0 aliphatic carbocycles. The Morgan fingerprint density at radius 3 is 2.32 bits per heavy atom. The van der Waals surface area contributed by atoms with Crippen LogP contribution in [-0.2, 0) is 5.44 Å². The molecule has 0 aliphatic heterocycles. The molecule has 1 unspecified atom stereocenters. The topological polar surface area (TPSA) is 101 Å². The first-order valence-corrected chi connectivity index (χ1v) is 12.6. The Morgan fingerprint density at radius 2 is 1.63 bits per heavy atom. The summed E-state index contributed by atoms with van der Waals surface area (Å²) < 4.78 is 16.5. The molecular formula is C22H25B7FN7O. The molecule has 16 heteroatoms. The second-order valence-corrected chi connectivity index (χ2v) is 11.4. The summed E-state index contributed by atoms with van der Waals surface area (Å²) in [4.78, 5) is 35.7. The molecule has 2 N–H and O–H groups in total. The smallest absolute Gasteiger partial charge is 0.269 e. The number of anilines is 1. The molecule has 8 nitrogen and oxygen atoms in total. The van der Waals surface area contributed by atoms with Crippen molar-refractivity contribution in [2.45, 2.75) is 15.8 Å². The first-order chi connectivity index (χ1) is 17.8. The molecule has 0 radical (unpaired) electrons. The highest BCUT2D eigenvalue weighted by atomic mass is 19.1. The highest BCUT2D eigenvalue weighted by Crippen LogP contribution is 2.52. The van der Waals surface area contributed by atoms with Crippen molar-refractivity contribution < 1.29 is 4.39 Å². The number of halogens is 1. The molecule has 5 rings (SSSR count). The van der Waals surface area contributed by atoms with Crippen LogP contribution in [0.25, 0.3) is 27.8 Å². The maximum absolute atomic E-state index is 15.0. The highest BCUT2D eigenvalue weighted by molar-refractivity contribution is 6.68. The van der Waals surface area contributed by atoms with Crippen LogP contribution in [0.1, 0.15) is 5.82 Å². The summed E-state index contributed by atoms with van der Waals surface area (Å²) in [6.07, 6.45) is 1.47. The third-order valence-electron chi connectivity index (χ3n) is 8.20. The monoisotopic (exact) mass is 499 g/mol. The zero-order chi connectivity index (χ0) is 27.5. The fraction of sp³-hybridized carbons (Fsp3) is 0.136. The van der Waals surface area contributed by atoms with E-state index in [1.807, 2.05) is 46.0 Å².